The molecule has 1 N–H and O–H groups in total. The first-order valence-corrected chi connectivity index (χ1v) is 11.9. The molecule has 33 heavy (non-hydrogen) atoms. The number of aromatic amines is 1. The Balaban J connectivity index is 1.61. The van der Waals surface area contributed by atoms with Crippen LogP contribution in [0.25, 0.3) is 27.8 Å². The molecule has 3 aromatic heterocycles. The summed E-state index contributed by atoms with van der Waals surface area (Å²) in [5.74, 6) is 0.955. The van der Waals surface area contributed by atoms with Crippen LogP contribution in [0, 0.1) is 0 Å². The number of aromatic nitrogens is 5. The lowest BCUT2D eigenvalue weighted by atomic mass is 9.92. The molecule has 8 nitrogen and oxygen atoms in total. The van der Waals surface area contributed by atoms with Gasteiger partial charge >= 0.3 is 5.69 Å². The van der Waals surface area contributed by atoms with Crippen LogP contribution in [0.3, 0.4) is 0 Å². The van der Waals surface area contributed by atoms with Crippen LogP contribution in [0.1, 0.15) is 57.6 Å². The highest BCUT2D eigenvalue weighted by Crippen LogP contribution is 2.36. The van der Waals surface area contributed by atoms with Gasteiger partial charge in [-0.1, -0.05) is 20.8 Å². The minimum absolute atomic E-state index is 0.0184. The maximum Gasteiger partial charge on any atom is 0.326 e. The maximum atomic E-state index is 13.1. The van der Waals surface area contributed by atoms with Crippen LogP contribution in [0.5, 0.6) is 5.75 Å². The fourth-order valence-electron chi connectivity index (χ4n) is 5.19. The molecule has 0 unspecified atom stereocenters. The number of rotatable bonds is 6. The number of likely N-dealkylation sites (tertiary alicyclic amines) is 1. The third-order valence-corrected chi connectivity index (χ3v) is 6.84. The Morgan fingerprint density at radius 3 is 2.70 bits per heavy atom. The number of imidazole rings is 1. The van der Waals surface area contributed by atoms with Gasteiger partial charge in [0, 0.05) is 30.9 Å². The molecule has 0 bridgehead atoms. The summed E-state index contributed by atoms with van der Waals surface area (Å²) in [6.07, 6.45) is 6.68. The summed E-state index contributed by atoms with van der Waals surface area (Å²) in [5, 5.41) is 4.31. The second kappa shape index (κ2) is 8.67. The molecule has 5 rings (SSSR count). The van der Waals surface area contributed by atoms with E-state index in [1.807, 2.05) is 16.8 Å². The van der Waals surface area contributed by atoms with E-state index in [4.69, 9.17) is 4.74 Å². The fourth-order valence-corrected chi connectivity index (χ4v) is 5.19. The Morgan fingerprint density at radius 1 is 1.21 bits per heavy atom. The molecule has 0 aliphatic carbocycles. The number of benzene rings is 1. The van der Waals surface area contributed by atoms with Gasteiger partial charge in [0.2, 0.25) is 0 Å². The molecule has 174 valence electrons. The van der Waals surface area contributed by atoms with Gasteiger partial charge in [0.15, 0.2) is 11.4 Å². The van der Waals surface area contributed by atoms with E-state index in [1.54, 1.807) is 11.6 Å². The standard InChI is InChI=1S/C25H32N6O2/c1-5-8-29-9-6-18(7-10-29)31-22-13-19(16(2)3)20(12-21(22)28-25(31)32)17-11-23(33-4)24-26-15-27-30(24)14-17/h11-16,18H,5-10H2,1-4H3,(H,28,32). The van der Waals surface area contributed by atoms with E-state index in [2.05, 4.69) is 52.9 Å². The minimum atomic E-state index is -0.0184. The van der Waals surface area contributed by atoms with E-state index >= 15 is 0 Å². The average molecular weight is 449 g/mol. The molecule has 8 heteroatoms. The minimum Gasteiger partial charge on any atom is -0.493 e. The topological polar surface area (TPSA) is 80.5 Å². The van der Waals surface area contributed by atoms with Crippen LogP contribution < -0.4 is 10.4 Å². The quantitative estimate of drug-likeness (QED) is 0.478. The first-order valence-electron chi connectivity index (χ1n) is 11.9. The van der Waals surface area contributed by atoms with Crippen molar-refractivity contribution in [3.05, 3.63) is 46.8 Å². The summed E-state index contributed by atoms with van der Waals surface area (Å²) < 4.78 is 9.31. The van der Waals surface area contributed by atoms with Crippen molar-refractivity contribution >= 4 is 16.7 Å². The van der Waals surface area contributed by atoms with Gasteiger partial charge in [-0.05, 0) is 61.1 Å². The van der Waals surface area contributed by atoms with Gasteiger partial charge in [0.05, 0.1) is 18.1 Å². The summed E-state index contributed by atoms with van der Waals surface area (Å²) in [7, 11) is 1.64. The monoisotopic (exact) mass is 448 g/mol. The Labute approximate surface area is 193 Å². The molecular formula is C25H32N6O2. The number of pyridine rings is 1. The molecule has 1 aliphatic rings. The van der Waals surface area contributed by atoms with E-state index in [9.17, 15) is 4.79 Å². The molecule has 0 spiro atoms. The average Bonchev–Trinajstić information content (AvgIpc) is 3.41. The van der Waals surface area contributed by atoms with Gasteiger partial charge in [-0.15, -0.1) is 0 Å². The molecule has 1 fully saturated rings. The van der Waals surface area contributed by atoms with Crippen LogP contribution in [-0.4, -0.2) is 55.8 Å². The number of hydrogen-bond donors (Lipinski definition) is 1. The number of methoxy groups -OCH3 is 1. The summed E-state index contributed by atoms with van der Waals surface area (Å²) in [6, 6.07) is 6.53. The zero-order chi connectivity index (χ0) is 23.1. The summed E-state index contributed by atoms with van der Waals surface area (Å²) in [4.78, 5) is 23.0. The van der Waals surface area contributed by atoms with Crippen molar-refractivity contribution in [1.82, 2.24) is 29.0 Å². The highest BCUT2D eigenvalue weighted by atomic mass is 16.5. The summed E-state index contributed by atoms with van der Waals surface area (Å²) >= 11 is 0. The third-order valence-electron chi connectivity index (χ3n) is 6.84. The van der Waals surface area contributed by atoms with Gasteiger partial charge < -0.3 is 14.6 Å². The molecule has 0 saturated carbocycles. The van der Waals surface area contributed by atoms with Crippen molar-refractivity contribution < 1.29 is 4.74 Å². The van der Waals surface area contributed by atoms with Gasteiger partial charge in [0.25, 0.3) is 0 Å². The Morgan fingerprint density at radius 2 is 2.00 bits per heavy atom. The van der Waals surface area contributed by atoms with Gasteiger partial charge in [0.1, 0.15) is 6.33 Å². The summed E-state index contributed by atoms with van der Waals surface area (Å²) in [5.41, 5.74) is 5.78. The summed E-state index contributed by atoms with van der Waals surface area (Å²) in [6.45, 7) is 9.82. The number of piperidine rings is 1. The number of nitrogens with zero attached hydrogens (tertiary/aromatic N) is 5. The predicted octanol–water partition coefficient (Wildman–Crippen LogP) is 4.22. The second-order valence-electron chi connectivity index (χ2n) is 9.31. The van der Waals surface area contributed by atoms with Crippen LogP contribution in [0.4, 0.5) is 0 Å². The molecular weight excluding hydrogens is 416 g/mol. The van der Waals surface area contributed by atoms with E-state index in [0.29, 0.717) is 11.4 Å². The van der Waals surface area contributed by atoms with Crippen molar-refractivity contribution in [3.8, 4) is 16.9 Å². The Kier molecular flexibility index (Phi) is 5.70. The van der Waals surface area contributed by atoms with Crippen molar-refractivity contribution in [2.75, 3.05) is 26.7 Å². The molecule has 1 aromatic carbocycles. The first kappa shape index (κ1) is 21.7. The third kappa shape index (κ3) is 3.82. The number of H-pyrrole nitrogens is 1. The second-order valence-corrected chi connectivity index (χ2v) is 9.31. The van der Waals surface area contributed by atoms with Crippen molar-refractivity contribution in [1.29, 1.82) is 0 Å². The highest BCUT2D eigenvalue weighted by Gasteiger charge is 2.24. The molecule has 0 amide bonds. The molecule has 1 saturated heterocycles. The molecule has 1 aliphatic heterocycles. The van der Waals surface area contributed by atoms with Crippen LogP contribution in [-0.2, 0) is 0 Å². The fraction of sp³-hybridized carbons (Fsp3) is 0.480. The van der Waals surface area contributed by atoms with Crippen LogP contribution in [0.15, 0.2) is 35.5 Å². The molecule has 0 radical (unpaired) electrons. The van der Waals surface area contributed by atoms with Crippen LogP contribution >= 0.6 is 0 Å². The number of ether oxygens (including phenoxy) is 1. The zero-order valence-corrected chi connectivity index (χ0v) is 19.8. The van der Waals surface area contributed by atoms with Gasteiger partial charge in [-0.2, -0.15) is 5.10 Å². The lowest BCUT2D eigenvalue weighted by molar-refractivity contribution is 0.187. The molecule has 0 atom stereocenters. The van der Waals surface area contributed by atoms with Gasteiger partial charge in [-0.3, -0.25) is 4.57 Å². The predicted molar refractivity (Wildman–Crippen MR) is 130 cm³/mol. The van der Waals surface area contributed by atoms with Crippen molar-refractivity contribution in [2.45, 2.75) is 52.0 Å². The number of fused-ring (bicyclic) bond motifs is 2. The maximum absolute atomic E-state index is 13.1. The smallest absolute Gasteiger partial charge is 0.326 e. The SMILES string of the molecule is CCCN1CCC(n2c(=O)[nH]c3cc(-c4cc(OC)c5ncnn5c4)c(C(C)C)cc32)CC1. The lowest BCUT2D eigenvalue weighted by Crippen LogP contribution is -2.37. The van der Waals surface area contributed by atoms with E-state index < -0.39 is 0 Å². The lowest BCUT2D eigenvalue weighted by Gasteiger charge is -2.32. The zero-order valence-electron chi connectivity index (χ0n) is 19.8. The van der Waals surface area contributed by atoms with E-state index in [0.717, 1.165) is 54.6 Å². The Bertz CT molecular complexity index is 1340. The van der Waals surface area contributed by atoms with Crippen LogP contribution in [0.2, 0.25) is 0 Å². The number of hydrogen-bond acceptors (Lipinski definition) is 5. The number of nitrogens with one attached hydrogen (secondary N) is 1. The highest BCUT2D eigenvalue weighted by molar-refractivity contribution is 5.85. The molecule has 4 heterocycles. The normalized spacial score (nSPS) is 15.8. The largest absolute Gasteiger partial charge is 0.493 e. The first-order chi connectivity index (χ1) is 16.0. The Hall–Kier alpha value is -3.13. The van der Waals surface area contributed by atoms with Crippen molar-refractivity contribution in [2.24, 2.45) is 0 Å². The molecule has 4 aromatic rings. The van der Waals surface area contributed by atoms with E-state index in [1.165, 1.54) is 18.3 Å². The van der Waals surface area contributed by atoms with E-state index in [-0.39, 0.29) is 17.6 Å². The van der Waals surface area contributed by atoms with Crippen molar-refractivity contribution in [3.63, 3.8) is 0 Å². The van der Waals surface area contributed by atoms with Gasteiger partial charge in [-0.25, -0.2) is 14.3 Å².